The second-order valence-electron chi connectivity index (χ2n) is 4.91. The molecule has 106 valence electrons. The summed E-state index contributed by atoms with van der Waals surface area (Å²) in [5.41, 5.74) is 0.682. The second-order valence-corrected chi connectivity index (χ2v) is 5.83. The molecular formula is C13H16N4O2S. The molecule has 20 heavy (non-hydrogen) atoms. The van der Waals surface area contributed by atoms with Crippen molar-refractivity contribution in [3.05, 3.63) is 22.8 Å². The van der Waals surface area contributed by atoms with Crippen molar-refractivity contribution in [1.29, 1.82) is 0 Å². The molecule has 7 heteroatoms. The summed E-state index contributed by atoms with van der Waals surface area (Å²) in [5.74, 6) is 1.22. The Bertz CT molecular complexity index is 621. The van der Waals surface area contributed by atoms with Crippen LogP contribution in [-0.4, -0.2) is 47.5 Å². The molecule has 1 aliphatic heterocycles. The highest BCUT2D eigenvalue weighted by molar-refractivity contribution is 7.13. The number of Topliss-reactive ketones (excluding diaryl/α,β-unsaturated/α-hetero) is 1. The highest BCUT2D eigenvalue weighted by atomic mass is 32.1. The lowest BCUT2D eigenvalue weighted by atomic mass is 10.2. The number of ketones is 1. The van der Waals surface area contributed by atoms with Crippen LogP contribution < -0.4 is 5.32 Å². The quantitative estimate of drug-likeness (QED) is 0.866. The molecule has 1 fully saturated rings. The number of rotatable bonds is 3. The Morgan fingerprint density at radius 3 is 3.15 bits per heavy atom. The predicted octanol–water partition coefficient (Wildman–Crippen LogP) is 1.58. The summed E-state index contributed by atoms with van der Waals surface area (Å²) in [6, 6.07) is 1.93. The molecule has 0 spiro atoms. The van der Waals surface area contributed by atoms with Crippen molar-refractivity contribution in [3.8, 4) is 10.8 Å². The van der Waals surface area contributed by atoms with E-state index in [1.807, 2.05) is 5.38 Å². The molecule has 3 heterocycles. The number of carbonyl (C=O) groups is 1. The van der Waals surface area contributed by atoms with Gasteiger partial charge in [-0.05, 0) is 20.0 Å². The van der Waals surface area contributed by atoms with Crippen molar-refractivity contribution in [2.75, 3.05) is 26.7 Å². The van der Waals surface area contributed by atoms with Crippen LogP contribution in [0.15, 0.2) is 16.0 Å². The minimum absolute atomic E-state index is 0.0449. The summed E-state index contributed by atoms with van der Waals surface area (Å²) in [6.45, 7) is 4.30. The molecular weight excluding hydrogens is 276 g/mol. The number of nitrogens with zero attached hydrogens (tertiary/aromatic N) is 3. The Hall–Kier alpha value is -1.57. The van der Waals surface area contributed by atoms with E-state index in [1.165, 1.54) is 11.3 Å². The zero-order valence-electron chi connectivity index (χ0n) is 11.4. The van der Waals surface area contributed by atoms with Crippen LogP contribution in [0, 0.1) is 0 Å². The fraction of sp³-hybridized carbons (Fsp3) is 0.462. The molecule has 1 N–H and O–H groups in total. The van der Waals surface area contributed by atoms with Gasteiger partial charge in [-0.25, -0.2) is 0 Å². The highest BCUT2D eigenvalue weighted by Crippen LogP contribution is 2.28. The normalized spacial score (nSPS) is 20.2. The summed E-state index contributed by atoms with van der Waals surface area (Å²) in [4.78, 5) is 18.8. The van der Waals surface area contributed by atoms with Crippen molar-refractivity contribution < 1.29 is 9.32 Å². The van der Waals surface area contributed by atoms with E-state index in [9.17, 15) is 4.79 Å². The van der Waals surface area contributed by atoms with E-state index in [0.717, 1.165) is 24.5 Å². The van der Waals surface area contributed by atoms with E-state index in [4.69, 9.17) is 4.52 Å². The number of carbonyl (C=O) groups excluding carboxylic acids is 1. The lowest BCUT2D eigenvalue weighted by Crippen LogP contribution is -2.44. The number of hydrogen-bond donors (Lipinski definition) is 1. The van der Waals surface area contributed by atoms with Gasteiger partial charge in [-0.1, -0.05) is 5.16 Å². The second kappa shape index (κ2) is 5.43. The number of piperazine rings is 1. The molecule has 0 bridgehead atoms. The van der Waals surface area contributed by atoms with Crippen LogP contribution in [-0.2, 0) is 0 Å². The Balaban J connectivity index is 1.83. The molecule has 0 aromatic carbocycles. The molecule has 0 amide bonds. The SMILES string of the molecule is CC(=O)c1csc(-c2nc(C3CNCCN3C)no2)c1. The molecule has 1 saturated heterocycles. The lowest BCUT2D eigenvalue weighted by molar-refractivity contribution is 0.101. The van der Waals surface area contributed by atoms with Crippen molar-refractivity contribution in [2.45, 2.75) is 13.0 Å². The average Bonchev–Trinajstić information content (AvgIpc) is 3.08. The third-order valence-corrected chi connectivity index (χ3v) is 4.39. The maximum absolute atomic E-state index is 11.3. The minimum atomic E-state index is 0.0449. The van der Waals surface area contributed by atoms with E-state index < -0.39 is 0 Å². The van der Waals surface area contributed by atoms with Crippen LogP contribution in [0.2, 0.25) is 0 Å². The van der Waals surface area contributed by atoms with E-state index in [1.54, 1.807) is 13.0 Å². The lowest BCUT2D eigenvalue weighted by Gasteiger charge is -2.30. The van der Waals surface area contributed by atoms with Gasteiger partial charge in [0.2, 0.25) is 0 Å². The monoisotopic (exact) mass is 292 g/mol. The first kappa shape index (κ1) is 13.4. The standard InChI is InChI=1S/C13H16N4O2S/c1-8(18)9-5-11(20-7-9)13-15-12(16-19-13)10-6-14-3-4-17(10)2/h5,7,10,14H,3-4,6H2,1-2H3. The Kier molecular flexibility index (Phi) is 3.64. The number of nitrogens with one attached hydrogen (secondary N) is 1. The van der Waals surface area contributed by atoms with Crippen LogP contribution >= 0.6 is 11.3 Å². The molecule has 2 aromatic heterocycles. The average molecular weight is 292 g/mol. The van der Waals surface area contributed by atoms with Crippen molar-refractivity contribution in [1.82, 2.24) is 20.4 Å². The van der Waals surface area contributed by atoms with E-state index in [0.29, 0.717) is 17.3 Å². The largest absolute Gasteiger partial charge is 0.333 e. The maximum atomic E-state index is 11.3. The smallest absolute Gasteiger partial charge is 0.268 e. The van der Waals surface area contributed by atoms with E-state index in [-0.39, 0.29) is 11.8 Å². The molecule has 0 aliphatic carbocycles. The summed E-state index contributed by atoms with van der Waals surface area (Å²) >= 11 is 1.45. The fourth-order valence-electron chi connectivity index (χ4n) is 2.20. The van der Waals surface area contributed by atoms with Crippen LogP contribution in [0.5, 0.6) is 0 Å². The molecule has 3 rings (SSSR count). The van der Waals surface area contributed by atoms with Crippen LogP contribution in [0.3, 0.4) is 0 Å². The number of hydrogen-bond acceptors (Lipinski definition) is 7. The third kappa shape index (κ3) is 2.52. The van der Waals surface area contributed by atoms with Gasteiger partial charge in [-0.15, -0.1) is 11.3 Å². The van der Waals surface area contributed by atoms with Crippen LogP contribution in [0.25, 0.3) is 10.8 Å². The van der Waals surface area contributed by atoms with E-state index in [2.05, 4.69) is 27.4 Å². The van der Waals surface area contributed by atoms with Crippen molar-refractivity contribution in [2.24, 2.45) is 0 Å². The van der Waals surface area contributed by atoms with Crippen molar-refractivity contribution >= 4 is 17.1 Å². The van der Waals surface area contributed by atoms with Crippen molar-refractivity contribution in [3.63, 3.8) is 0 Å². The van der Waals surface area contributed by atoms with E-state index >= 15 is 0 Å². The van der Waals surface area contributed by atoms with Gasteiger partial charge in [0.05, 0.1) is 10.9 Å². The minimum Gasteiger partial charge on any atom is -0.333 e. The van der Waals surface area contributed by atoms with Gasteiger partial charge < -0.3 is 9.84 Å². The van der Waals surface area contributed by atoms with Gasteiger partial charge in [0.25, 0.3) is 5.89 Å². The molecule has 1 aliphatic rings. The summed E-state index contributed by atoms with van der Waals surface area (Å²) in [5, 5.41) is 9.22. The molecule has 1 atom stereocenters. The van der Waals surface area contributed by atoms with Gasteiger partial charge >= 0.3 is 0 Å². The summed E-state index contributed by atoms with van der Waals surface area (Å²) < 4.78 is 5.33. The molecule has 2 aromatic rings. The van der Waals surface area contributed by atoms with Gasteiger partial charge in [0.15, 0.2) is 11.6 Å². The predicted molar refractivity (Wildman–Crippen MR) is 75.9 cm³/mol. The van der Waals surface area contributed by atoms with Crippen LogP contribution in [0.4, 0.5) is 0 Å². The molecule has 0 radical (unpaired) electrons. The van der Waals surface area contributed by atoms with Crippen LogP contribution in [0.1, 0.15) is 29.1 Å². The molecule has 6 nitrogen and oxygen atoms in total. The molecule has 0 saturated carbocycles. The Morgan fingerprint density at radius 1 is 1.60 bits per heavy atom. The number of thiophene rings is 1. The van der Waals surface area contributed by atoms with Gasteiger partial charge in [0.1, 0.15) is 0 Å². The first-order valence-electron chi connectivity index (χ1n) is 6.49. The first-order chi connectivity index (χ1) is 9.65. The number of aromatic nitrogens is 2. The van der Waals surface area contributed by atoms with Gasteiger partial charge in [0, 0.05) is 30.6 Å². The Labute approximate surface area is 120 Å². The fourth-order valence-corrected chi connectivity index (χ4v) is 3.06. The summed E-state index contributed by atoms with van der Waals surface area (Å²) in [7, 11) is 2.06. The molecule has 1 unspecified atom stereocenters. The zero-order valence-corrected chi connectivity index (χ0v) is 12.2. The number of likely N-dealkylation sites (N-methyl/N-ethyl adjacent to an activating group) is 1. The maximum Gasteiger partial charge on any atom is 0.268 e. The van der Waals surface area contributed by atoms with Gasteiger partial charge in [-0.2, -0.15) is 4.98 Å². The summed E-state index contributed by atoms with van der Waals surface area (Å²) in [6.07, 6.45) is 0. The third-order valence-electron chi connectivity index (χ3n) is 3.47. The topological polar surface area (TPSA) is 71.3 Å². The zero-order chi connectivity index (χ0) is 14.1. The Morgan fingerprint density at radius 2 is 2.45 bits per heavy atom. The van der Waals surface area contributed by atoms with Gasteiger partial charge in [-0.3, -0.25) is 9.69 Å². The first-order valence-corrected chi connectivity index (χ1v) is 7.37. The highest BCUT2D eigenvalue weighted by Gasteiger charge is 2.25.